The zero-order valence-electron chi connectivity index (χ0n) is 23.7. The number of H-pyrrole nitrogens is 1. The molecule has 3 N–H and O–H groups in total. The van der Waals surface area contributed by atoms with E-state index in [2.05, 4.69) is 20.5 Å². The van der Waals surface area contributed by atoms with Crippen molar-refractivity contribution in [1.29, 1.82) is 0 Å². The first-order valence-corrected chi connectivity index (χ1v) is 13.9. The Morgan fingerprint density at radius 1 is 1.05 bits per heavy atom. The number of fused-ring (bicyclic) bond motifs is 1. The van der Waals surface area contributed by atoms with Crippen molar-refractivity contribution in [2.75, 3.05) is 32.5 Å². The number of para-hydroxylation sites is 1. The Morgan fingerprint density at radius 2 is 1.83 bits per heavy atom. The molecule has 1 aliphatic heterocycles. The van der Waals surface area contributed by atoms with Gasteiger partial charge < -0.3 is 25.4 Å². The molecule has 0 fully saturated rings. The minimum atomic E-state index is -0.818. The van der Waals surface area contributed by atoms with Crippen molar-refractivity contribution >= 4 is 34.1 Å². The van der Waals surface area contributed by atoms with E-state index in [1.807, 2.05) is 81.8 Å². The van der Waals surface area contributed by atoms with Gasteiger partial charge in [-0.1, -0.05) is 55.5 Å². The highest BCUT2D eigenvalue weighted by molar-refractivity contribution is 5.98. The number of aromatic amines is 1. The lowest BCUT2D eigenvalue weighted by molar-refractivity contribution is -0.118. The number of carbonyl (C=O) groups excluding carboxylic acids is 2. The van der Waals surface area contributed by atoms with Gasteiger partial charge in [0.15, 0.2) is 0 Å². The van der Waals surface area contributed by atoms with Gasteiger partial charge in [-0.3, -0.25) is 4.79 Å². The highest BCUT2D eigenvalue weighted by Gasteiger charge is 2.31. The molecule has 41 heavy (non-hydrogen) atoms. The molecule has 0 radical (unpaired) electrons. The molecule has 0 saturated heterocycles. The number of carbonyl (C=O) groups is 2. The third-order valence-electron chi connectivity index (χ3n) is 7.58. The predicted molar refractivity (Wildman–Crippen MR) is 162 cm³/mol. The molecule has 0 aliphatic carbocycles. The number of hydrogen-bond acceptors (Lipinski definition) is 3. The van der Waals surface area contributed by atoms with Crippen LogP contribution < -0.4 is 10.6 Å². The van der Waals surface area contributed by atoms with E-state index in [1.54, 1.807) is 17.0 Å². The summed E-state index contributed by atoms with van der Waals surface area (Å²) in [6.45, 7) is 3.61. The molecular weight excluding hydrogens is 517 g/mol. The number of aromatic nitrogens is 1. The van der Waals surface area contributed by atoms with Crippen molar-refractivity contribution in [3.8, 4) is 0 Å². The monoisotopic (exact) mass is 553 g/mol. The number of halogens is 1. The average Bonchev–Trinajstić information content (AvgIpc) is 3.40. The van der Waals surface area contributed by atoms with Gasteiger partial charge >= 0.3 is 6.03 Å². The Kier molecular flexibility index (Phi) is 8.50. The minimum Gasteiger partial charge on any atom is -0.361 e. The molecule has 1 aliphatic rings. The van der Waals surface area contributed by atoms with Gasteiger partial charge in [0.25, 0.3) is 0 Å². The van der Waals surface area contributed by atoms with Crippen LogP contribution in [0.4, 0.5) is 14.9 Å². The molecular formula is C33H36FN5O2. The second-order valence-electron chi connectivity index (χ2n) is 10.9. The highest BCUT2D eigenvalue weighted by Crippen LogP contribution is 2.29. The Hall–Kier alpha value is -4.43. The quantitative estimate of drug-likeness (QED) is 0.251. The number of amides is 3. The Morgan fingerprint density at radius 3 is 2.56 bits per heavy atom. The van der Waals surface area contributed by atoms with E-state index in [0.717, 1.165) is 39.7 Å². The van der Waals surface area contributed by atoms with Crippen LogP contribution in [0, 0.1) is 5.82 Å². The van der Waals surface area contributed by atoms with E-state index in [-0.39, 0.29) is 23.7 Å². The number of hydrogen-bond donors (Lipinski definition) is 3. The zero-order chi connectivity index (χ0) is 28.9. The molecule has 0 saturated carbocycles. The van der Waals surface area contributed by atoms with Gasteiger partial charge in [0, 0.05) is 48.3 Å². The highest BCUT2D eigenvalue weighted by atomic mass is 19.1. The summed E-state index contributed by atoms with van der Waals surface area (Å²) in [5.41, 5.74) is 5.73. The van der Waals surface area contributed by atoms with Crippen LogP contribution in [0.25, 0.3) is 16.5 Å². The summed E-state index contributed by atoms with van der Waals surface area (Å²) in [4.78, 5) is 34.4. The fraction of sp³-hybridized carbons (Fsp3) is 0.273. The van der Waals surface area contributed by atoms with E-state index in [4.69, 9.17) is 0 Å². The van der Waals surface area contributed by atoms with Crippen molar-refractivity contribution in [2.45, 2.75) is 31.8 Å². The van der Waals surface area contributed by atoms with Gasteiger partial charge in [0.05, 0.1) is 0 Å². The lowest BCUT2D eigenvalue weighted by atomic mass is 9.92. The second-order valence-corrected chi connectivity index (χ2v) is 10.9. The summed E-state index contributed by atoms with van der Waals surface area (Å²) >= 11 is 0. The Balaban J connectivity index is 1.36. The van der Waals surface area contributed by atoms with Crippen molar-refractivity contribution < 1.29 is 14.0 Å². The largest absolute Gasteiger partial charge is 0.361 e. The first-order valence-electron chi connectivity index (χ1n) is 13.9. The van der Waals surface area contributed by atoms with Crippen LogP contribution in [0.3, 0.4) is 0 Å². The fourth-order valence-electron chi connectivity index (χ4n) is 5.40. The van der Waals surface area contributed by atoms with E-state index < -0.39 is 6.04 Å². The van der Waals surface area contributed by atoms with Gasteiger partial charge in [0.2, 0.25) is 5.91 Å². The van der Waals surface area contributed by atoms with E-state index >= 15 is 0 Å². The minimum absolute atomic E-state index is 0.274. The maximum Gasteiger partial charge on any atom is 0.318 e. The first kappa shape index (κ1) is 28.1. The van der Waals surface area contributed by atoms with Crippen LogP contribution in [-0.2, 0) is 11.3 Å². The molecule has 1 aromatic heterocycles. The van der Waals surface area contributed by atoms with E-state index in [9.17, 15) is 14.0 Å². The van der Waals surface area contributed by atoms with Crippen LogP contribution in [0.5, 0.6) is 0 Å². The molecule has 0 unspecified atom stereocenters. The molecule has 8 heteroatoms. The second kappa shape index (κ2) is 12.4. The van der Waals surface area contributed by atoms with Gasteiger partial charge in [-0.25, -0.2) is 9.18 Å². The van der Waals surface area contributed by atoms with Crippen LogP contribution >= 0.6 is 0 Å². The van der Waals surface area contributed by atoms with Gasteiger partial charge in [-0.05, 0) is 73.1 Å². The zero-order valence-corrected chi connectivity index (χ0v) is 23.7. The number of nitrogens with zero attached hydrogens (tertiary/aromatic N) is 2. The number of nitrogens with one attached hydrogen (secondary N) is 3. The molecule has 4 aromatic rings. The maximum atomic E-state index is 13.8. The molecule has 2 heterocycles. The number of urea groups is 1. The molecule has 7 nitrogen and oxygen atoms in total. The van der Waals surface area contributed by atoms with Gasteiger partial charge in [-0.2, -0.15) is 0 Å². The molecule has 0 spiro atoms. The molecule has 3 amide bonds. The number of benzene rings is 3. The summed E-state index contributed by atoms with van der Waals surface area (Å²) in [5, 5.41) is 7.11. The average molecular weight is 554 g/mol. The fourth-order valence-corrected chi connectivity index (χ4v) is 5.40. The Labute approximate surface area is 240 Å². The number of anilines is 1. The van der Waals surface area contributed by atoms with Crippen LogP contribution in [0.1, 0.15) is 36.0 Å². The molecule has 3 aromatic carbocycles. The third kappa shape index (κ3) is 6.66. The van der Waals surface area contributed by atoms with Crippen LogP contribution in [0.2, 0.25) is 0 Å². The standard InChI is InChI=1S/C33H36FN5O2/c1-22(29-20-35-30-10-5-4-9-28(29)30)31(32(40)36-27-8-6-7-23(19-27)21-38(2)3)37-33(41)39-17-15-25(16-18-39)24-11-13-26(34)14-12-24/h4-15,19-20,22,31,35H,16-18,21H2,1-3H3,(H,36,40)(H,37,41)/t22-,31-/m1/s1. The lowest BCUT2D eigenvalue weighted by Gasteiger charge is -2.31. The normalized spacial score (nSPS) is 15.0. The molecule has 0 bridgehead atoms. The number of rotatable bonds is 8. The van der Waals surface area contributed by atoms with E-state index in [1.165, 1.54) is 12.1 Å². The maximum absolute atomic E-state index is 13.8. The van der Waals surface area contributed by atoms with Crippen LogP contribution in [-0.4, -0.2) is 59.9 Å². The summed E-state index contributed by atoms with van der Waals surface area (Å²) in [5.74, 6) is -0.864. The third-order valence-corrected chi connectivity index (χ3v) is 7.58. The summed E-state index contributed by atoms with van der Waals surface area (Å²) in [6.07, 6.45) is 4.55. The Bertz CT molecular complexity index is 1560. The summed E-state index contributed by atoms with van der Waals surface area (Å²) < 4.78 is 13.4. The first-order chi connectivity index (χ1) is 19.8. The smallest absolute Gasteiger partial charge is 0.318 e. The van der Waals surface area contributed by atoms with Crippen molar-refractivity contribution in [3.63, 3.8) is 0 Å². The SMILES string of the molecule is C[C@H](c1c[nH]c2ccccc12)[C@@H](NC(=O)N1CC=C(c2ccc(F)cc2)CC1)C(=O)Nc1cccc(CN(C)C)c1. The van der Waals surface area contributed by atoms with Gasteiger partial charge in [-0.15, -0.1) is 0 Å². The molecule has 212 valence electrons. The predicted octanol–water partition coefficient (Wildman–Crippen LogP) is 5.98. The topological polar surface area (TPSA) is 80.5 Å². The van der Waals surface area contributed by atoms with Crippen molar-refractivity contribution in [3.05, 3.63) is 108 Å². The van der Waals surface area contributed by atoms with Crippen molar-refractivity contribution in [1.82, 2.24) is 20.1 Å². The molecule has 5 rings (SSSR count). The van der Waals surface area contributed by atoms with Crippen LogP contribution in [0.15, 0.2) is 85.1 Å². The van der Waals surface area contributed by atoms with Gasteiger partial charge in [0.1, 0.15) is 11.9 Å². The van der Waals surface area contributed by atoms with Crippen molar-refractivity contribution in [2.24, 2.45) is 0 Å². The summed E-state index contributed by atoms with van der Waals surface area (Å²) in [7, 11) is 4.00. The lowest BCUT2D eigenvalue weighted by Crippen LogP contribution is -2.52. The molecule has 2 atom stereocenters. The summed E-state index contributed by atoms with van der Waals surface area (Å²) in [6, 6.07) is 21.0. The van der Waals surface area contributed by atoms with E-state index in [0.29, 0.717) is 25.2 Å².